The highest BCUT2D eigenvalue weighted by Gasteiger charge is 2.42. The van der Waals surface area contributed by atoms with Gasteiger partial charge in [0.15, 0.2) is 6.04 Å². The first-order valence-electron chi connectivity index (χ1n) is 8.25. The van der Waals surface area contributed by atoms with Gasteiger partial charge in [0.05, 0.1) is 11.5 Å². The Morgan fingerprint density at radius 3 is 2.67 bits per heavy atom. The number of ether oxygens (including phenoxy) is 1. The van der Waals surface area contributed by atoms with Gasteiger partial charge in [-0.3, -0.25) is 9.69 Å². The zero-order valence-corrected chi connectivity index (χ0v) is 17.6. The van der Waals surface area contributed by atoms with E-state index in [1.807, 2.05) is 42.5 Å². The Bertz CT molecular complexity index is 914. The average Bonchev–Trinajstić information content (AvgIpc) is 2.91. The summed E-state index contributed by atoms with van der Waals surface area (Å²) in [4.78, 5) is 27.5. The molecule has 2 aromatic carbocycles. The summed E-state index contributed by atoms with van der Waals surface area (Å²) in [6.07, 6.45) is 1.78. The second kappa shape index (κ2) is 8.82. The molecule has 0 aliphatic carbocycles. The lowest BCUT2D eigenvalue weighted by Gasteiger charge is -2.25. The molecule has 0 N–H and O–H groups in total. The molecule has 4 nitrogen and oxygen atoms in total. The SMILES string of the molecule is CCOC(=O)C(c1ccccc1)N1C(=O)/C(=C/c2cccc(Br)c2)SC1=S. The molecular weight excluding hydrogens is 446 g/mol. The maximum absolute atomic E-state index is 13.1. The van der Waals surface area contributed by atoms with E-state index in [2.05, 4.69) is 15.9 Å². The van der Waals surface area contributed by atoms with Crippen LogP contribution in [0.1, 0.15) is 24.1 Å². The van der Waals surface area contributed by atoms with Crippen LogP contribution in [-0.2, 0) is 14.3 Å². The predicted molar refractivity (Wildman–Crippen MR) is 115 cm³/mol. The van der Waals surface area contributed by atoms with E-state index in [-0.39, 0.29) is 12.5 Å². The van der Waals surface area contributed by atoms with Crippen LogP contribution in [-0.4, -0.2) is 27.7 Å². The van der Waals surface area contributed by atoms with E-state index >= 15 is 0 Å². The van der Waals surface area contributed by atoms with Crippen molar-refractivity contribution in [3.63, 3.8) is 0 Å². The van der Waals surface area contributed by atoms with E-state index in [0.717, 1.165) is 10.0 Å². The van der Waals surface area contributed by atoms with Crippen molar-refractivity contribution in [1.29, 1.82) is 0 Å². The quantitative estimate of drug-likeness (QED) is 0.357. The van der Waals surface area contributed by atoms with Crippen molar-refractivity contribution in [2.45, 2.75) is 13.0 Å². The third-order valence-electron chi connectivity index (χ3n) is 3.85. The van der Waals surface area contributed by atoms with E-state index in [4.69, 9.17) is 17.0 Å². The Labute approximate surface area is 175 Å². The van der Waals surface area contributed by atoms with Gasteiger partial charge in [-0.05, 0) is 36.3 Å². The Balaban J connectivity index is 1.97. The molecule has 0 aromatic heterocycles. The minimum absolute atomic E-state index is 0.227. The molecule has 0 saturated carbocycles. The van der Waals surface area contributed by atoms with E-state index < -0.39 is 12.0 Å². The molecule has 1 aliphatic rings. The monoisotopic (exact) mass is 461 g/mol. The molecule has 7 heteroatoms. The summed E-state index contributed by atoms with van der Waals surface area (Å²) >= 11 is 10.0. The van der Waals surface area contributed by atoms with Crippen LogP contribution >= 0.6 is 39.9 Å². The zero-order valence-electron chi connectivity index (χ0n) is 14.4. The predicted octanol–water partition coefficient (Wildman–Crippen LogP) is 4.95. The summed E-state index contributed by atoms with van der Waals surface area (Å²) < 4.78 is 6.46. The van der Waals surface area contributed by atoms with Crippen LogP contribution in [0, 0.1) is 0 Å². The van der Waals surface area contributed by atoms with Crippen LogP contribution < -0.4 is 0 Å². The summed E-state index contributed by atoms with van der Waals surface area (Å²) in [7, 11) is 0. The fourth-order valence-corrected chi connectivity index (χ4v) is 4.43. The number of halogens is 1. The molecule has 1 saturated heterocycles. The van der Waals surface area contributed by atoms with Crippen molar-refractivity contribution in [1.82, 2.24) is 4.90 Å². The van der Waals surface area contributed by atoms with Crippen LogP contribution in [0.2, 0.25) is 0 Å². The third kappa shape index (κ3) is 4.48. The van der Waals surface area contributed by atoms with E-state index in [0.29, 0.717) is 14.8 Å². The number of nitrogens with zero attached hydrogens (tertiary/aromatic N) is 1. The third-order valence-corrected chi connectivity index (χ3v) is 5.68. The maximum atomic E-state index is 13.1. The van der Waals surface area contributed by atoms with Gasteiger partial charge in [-0.25, -0.2) is 4.79 Å². The van der Waals surface area contributed by atoms with Crippen molar-refractivity contribution in [3.05, 3.63) is 75.1 Å². The number of hydrogen-bond donors (Lipinski definition) is 0. The van der Waals surface area contributed by atoms with Crippen molar-refractivity contribution in [2.24, 2.45) is 0 Å². The van der Waals surface area contributed by atoms with Crippen molar-refractivity contribution in [3.8, 4) is 0 Å². The molecule has 1 fully saturated rings. The Kier molecular flexibility index (Phi) is 6.46. The second-order valence-corrected chi connectivity index (χ2v) is 8.26. The van der Waals surface area contributed by atoms with E-state index in [1.54, 1.807) is 25.1 Å². The normalized spacial score (nSPS) is 16.7. The van der Waals surface area contributed by atoms with Gasteiger partial charge in [-0.2, -0.15) is 0 Å². The van der Waals surface area contributed by atoms with Gasteiger partial charge in [0.2, 0.25) is 0 Å². The first-order chi connectivity index (χ1) is 13.0. The number of thioether (sulfide) groups is 1. The van der Waals surface area contributed by atoms with E-state index in [9.17, 15) is 9.59 Å². The standard InChI is InChI=1S/C20H16BrNO3S2/c1-2-25-19(24)17(14-8-4-3-5-9-14)22-18(23)16(27-20(22)26)12-13-7-6-10-15(21)11-13/h3-12,17H,2H2,1H3/b16-12-. The van der Waals surface area contributed by atoms with Gasteiger partial charge in [-0.1, -0.05) is 82.4 Å². The molecule has 1 amide bonds. The Hall–Kier alpha value is -1.96. The summed E-state index contributed by atoms with van der Waals surface area (Å²) in [5, 5.41) is 0. The largest absolute Gasteiger partial charge is 0.464 e. The molecule has 3 rings (SSSR count). The summed E-state index contributed by atoms with van der Waals surface area (Å²) in [6, 6.07) is 15.8. The molecule has 2 aromatic rings. The molecule has 1 aliphatic heterocycles. The highest BCUT2D eigenvalue weighted by molar-refractivity contribution is 9.10. The Morgan fingerprint density at radius 2 is 2.00 bits per heavy atom. The van der Waals surface area contributed by atoms with Gasteiger partial charge in [0.1, 0.15) is 4.32 Å². The molecular formula is C20H16BrNO3S2. The van der Waals surface area contributed by atoms with Crippen LogP contribution in [0.5, 0.6) is 0 Å². The average molecular weight is 462 g/mol. The minimum atomic E-state index is -0.896. The lowest BCUT2D eigenvalue weighted by molar-refractivity contribution is -0.151. The first-order valence-corrected chi connectivity index (χ1v) is 10.3. The topological polar surface area (TPSA) is 46.6 Å². The number of benzene rings is 2. The number of carbonyl (C=O) groups excluding carboxylic acids is 2. The molecule has 0 radical (unpaired) electrons. The van der Waals surface area contributed by atoms with Crippen molar-refractivity contribution >= 4 is 62.2 Å². The van der Waals surface area contributed by atoms with Crippen LogP contribution in [0.4, 0.5) is 0 Å². The minimum Gasteiger partial charge on any atom is -0.464 e. The van der Waals surface area contributed by atoms with Crippen LogP contribution in [0.15, 0.2) is 64.0 Å². The lowest BCUT2D eigenvalue weighted by Crippen LogP contribution is -2.38. The van der Waals surface area contributed by atoms with Gasteiger partial charge in [0, 0.05) is 4.47 Å². The number of amides is 1. The Morgan fingerprint density at radius 1 is 1.26 bits per heavy atom. The molecule has 1 unspecified atom stereocenters. The van der Waals surface area contributed by atoms with Gasteiger partial charge >= 0.3 is 5.97 Å². The molecule has 0 bridgehead atoms. The zero-order chi connectivity index (χ0) is 19.4. The summed E-state index contributed by atoms with van der Waals surface area (Å²) in [5.74, 6) is -0.796. The van der Waals surface area contributed by atoms with Crippen molar-refractivity contribution < 1.29 is 14.3 Å². The first kappa shape index (κ1) is 19.8. The molecule has 27 heavy (non-hydrogen) atoms. The van der Waals surface area contributed by atoms with Crippen molar-refractivity contribution in [2.75, 3.05) is 6.61 Å². The van der Waals surface area contributed by atoms with E-state index in [1.165, 1.54) is 16.7 Å². The smallest absolute Gasteiger partial charge is 0.333 e. The number of rotatable bonds is 5. The number of carbonyl (C=O) groups is 2. The summed E-state index contributed by atoms with van der Waals surface area (Å²) in [5.41, 5.74) is 1.54. The highest BCUT2D eigenvalue weighted by atomic mass is 79.9. The lowest BCUT2D eigenvalue weighted by atomic mass is 10.1. The molecule has 138 valence electrons. The molecule has 1 atom stereocenters. The van der Waals surface area contributed by atoms with Crippen LogP contribution in [0.25, 0.3) is 6.08 Å². The van der Waals surface area contributed by atoms with Gasteiger partial charge in [-0.15, -0.1) is 0 Å². The summed E-state index contributed by atoms with van der Waals surface area (Å²) in [6.45, 7) is 1.96. The molecule has 0 spiro atoms. The fraction of sp³-hybridized carbons (Fsp3) is 0.150. The van der Waals surface area contributed by atoms with Crippen LogP contribution in [0.3, 0.4) is 0 Å². The highest BCUT2D eigenvalue weighted by Crippen LogP contribution is 2.38. The number of esters is 1. The fourth-order valence-electron chi connectivity index (χ4n) is 2.70. The molecule has 1 heterocycles. The number of hydrogen-bond acceptors (Lipinski definition) is 5. The maximum Gasteiger partial charge on any atom is 0.333 e. The number of thiocarbonyl (C=S) groups is 1. The van der Waals surface area contributed by atoms with Gasteiger partial charge < -0.3 is 4.74 Å². The van der Waals surface area contributed by atoms with Gasteiger partial charge in [0.25, 0.3) is 5.91 Å². The second-order valence-electron chi connectivity index (χ2n) is 5.67.